The Morgan fingerprint density at radius 3 is 2.93 bits per heavy atom. The summed E-state index contributed by atoms with van der Waals surface area (Å²) >= 11 is 0. The van der Waals surface area contributed by atoms with E-state index in [2.05, 4.69) is 5.32 Å². The Hall–Kier alpha value is -0.690. The molecule has 1 amide bonds. The van der Waals surface area contributed by atoms with Crippen LogP contribution in [0.15, 0.2) is 0 Å². The zero-order valence-corrected chi connectivity index (χ0v) is 8.77. The van der Waals surface area contributed by atoms with Crippen LogP contribution >= 0.6 is 0 Å². The smallest absolute Gasteiger partial charge is 0.230 e. The summed E-state index contributed by atoms with van der Waals surface area (Å²) in [4.78, 5) is 11.7. The third-order valence-corrected chi connectivity index (χ3v) is 2.75. The monoisotopic (exact) mass is 218 g/mol. The molecule has 88 valence electrons. The SMILES string of the molecule is CC1(C(=O)NCC(O)CO)COCC1N. The highest BCUT2D eigenvalue weighted by molar-refractivity contribution is 5.83. The lowest BCUT2D eigenvalue weighted by Gasteiger charge is -2.25. The van der Waals surface area contributed by atoms with Crippen LogP contribution in [0.25, 0.3) is 0 Å². The summed E-state index contributed by atoms with van der Waals surface area (Å²) in [6.45, 7) is 2.03. The average molecular weight is 218 g/mol. The molecule has 0 radical (unpaired) electrons. The molecular weight excluding hydrogens is 200 g/mol. The quantitative estimate of drug-likeness (QED) is 0.429. The van der Waals surface area contributed by atoms with E-state index in [0.29, 0.717) is 6.61 Å². The lowest BCUT2D eigenvalue weighted by atomic mass is 9.85. The molecule has 15 heavy (non-hydrogen) atoms. The highest BCUT2D eigenvalue weighted by Crippen LogP contribution is 2.26. The molecule has 1 rings (SSSR count). The maximum absolute atomic E-state index is 11.7. The van der Waals surface area contributed by atoms with Crippen molar-refractivity contribution in [2.24, 2.45) is 11.1 Å². The van der Waals surface area contributed by atoms with Crippen LogP contribution in [0.3, 0.4) is 0 Å². The van der Waals surface area contributed by atoms with Gasteiger partial charge in [0, 0.05) is 12.6 Å². The van der Waals surface area contributed by atoms with Crippen LogP contribution in [0.2, 0.25) is 0 Å². The summed E-state index contributed by atoms with van der Waals surface area (Å²) in [6.07, 6.45) is -0.934. The van der Waals surface area contributed by atoms with E-state index in [1.54, 1.807) is 6.92 Å². The van der Waals surface area contributed by atoms with E-state index in [-0.39, 0.29) is 31.7 Å². The number of hydrogen-bond donors (Lipinski definition) is 4. The van der Waals surface area contributed by atoms with Crippen molar-refractivity contribution >= 4 is 5.91 Å². The van der Waals surface area contributed by atoms with E-state index in [1.165, 1.54) is 0 Å². The summed E-state index contributed by atoms with van der Waals surface area (Å²) in [5, 5.41) is 20.2. The Labute approximate surface area is 88.4 Å². The van der Waals surface area contributed by atoms with Crippen molar-refractivity contribution in [2.45, 2.75) is 19.1 Å². The van der Waals surface area contributed by atoms with Crippen molar-refractivity contribution in [1.29, 1.82) is 0 Å². The van der Waals surface area contributed by atoms with E-state index < -0.39 is 11.5 Å². The number of ether oxygens (including phenoxy) is 1. The first-order valence-electron chi connectivity index (χ1n) is 4.91. The van der Waals surface area contributed by atoms with E-state index in [4.69, 9.17) is 20.7 Å². The minimum absolute atomic E-state index is 0.0254. The molecule has 5 N–H and O–H groups in total. The summed E-state index contributed by atoms with van der Waals surface area (Å²) in [5.74, 6) is -0.250. The van der Waals surface area contributed by atoms with Crippen LogP contribution in [0, 0.1) is 5.41 Å². The van der Waals surface area contributed by atoms with Gasteiger partial charge in [-0.2, -0.15) is 0 Å². The minimum atomic E-state index is -0.934. The molecule has 0 spiro atoms. The molecule has 0 bridgehead atoms. The number of hydrogen-bond acceptors (Lipinski definition) is 5. The van der Waals surface area contributed by atoms with Crippen molar-refractivity contribution in [3.8, 4) is 0 Å². The van der Waals surface area contributed by atoms with Crippen LogP contribution < -0.4 is 11.1 Å². The molecule has 6 nitrogen and oxygen atoms in total. The molecule has 1 saturated heterocycles. The predicted molar refractivity (Wildman–Crippen MR) is 53.0 cm³/mol. The van der Waals surface area contributed by atoms with E-state index in [1.807, 2.05) is 0 Å². The van der Waals surface area contributed by atoms with Gasteiger partial charge >= 0.3 is 0 Å². The van der Waals surface area contributed by atoms with Crippen LogP contribution in [-0.4, -0.2) is 54.6 Å². The van der Waals surface area contributed by atoms with Crippen molar-refractivity contribution < 1.29 is 19.7 Å². The van der Waals surface area contributed by atoms with Crippen LogP contribution in [0.5, 0.6) is 0 Å². The number of aliphatic hydroxyl groups excluding tert-OH is 2. The van der Waals surface area contributed by atoms with Gasteiger partial charge < -0.3 is 26.0 Å². The lowest BCUT2D eigenvalue weighted by molar-refractivity contribution is -0.131. The minimum Gasteiger partial charge on any atom is -0.394 e. The molecule has 1 fully saturated rings. The Morgan fingerprint density at radius 1 is 1.80 bits per heavy atom. The molecule has 0 aromatic heterocycles. The fraction of sp³-hybridized carbons (Fsp3) is 0.889. The third kappa shape index (κ3) is 2.66. The molecule has 3 atom stereocenters. The molecule has 0 aromatic carbocycles. The largest absolute Gasteiger partial charge is 0.394 e. The van der Waals surface area contributed by atoms with Crippen LogP contribution in [-0.2, 0) is 9.53 Å². The maximum Gasteiger partial charge on any atom is 0.230 e. The van der Waals surface area contributed by atoms with Gasteiger partial charge in [-0.3, -0.25) is 4.79 Å². The number of nitrogens with one attached hydrogen (secondary N) is 1. The highest BCUT2D eigenvalue weighted by atomic mass is 16.5. The van der Waals surface area contributed by atoms with Gasteiger partial charge in [-0.25, -0.2) is 0 Å². The third-order valence-electron chi connectivity index (χ3n) is 2.75. The highest BCUT2D eigenvalue weighted by Gasteiger charge is 2.44. The molecule has 0 saturated carbocycles. The molecule has 3 unspecified atom stereocenters. The Kier molecular flexibility index (Phi) is 4.04. The molecular formula is C9H18N2O4. The predicted octanol–water partition coefficient (Wildman–Crippen LogP) is -2.18. The Bertz CT molecular complexity index is 236. The van der Waals surface area contributed by atoms with E-state index in [9.17, 15) is 4.79 Å². The van der Waals surface area contributed by atoms with Gasteiger partial charge in [0.05, 0.1) is 31.3 Å². The molecule has 0 aromatic rings. The van der Waals surface area contributed by atoms with Crippen LogP contribution in [0.4, 0.5) is 0 Å². The van der Waals surface area contributed by atoms with E-state index in [0.717, 1.165) is 0 Å². The van der Waals surface area contributed by atoms with E-state index >= 15 is 0 Å². The number of carbonyl (C=O) groups is 1. The summed E-state index contributed by atoms with van der Waals surface area (Å²) in [6, 6.07) is -0.330. The molecule has 1 aliphatic rings. The van der Waals surface area contributed by atoms with Gasteiger partial charge in [-0.15, -0.1) is 0 Å². The maximum atomic E-state index is 11.7. The molecule has 1 heterocycles. The molecule has 0 aliphatic carbocycles. The first kappa shape index (κ1) is 12.4. The number of nitrogens with two attached hydrogens (primary N) is 1. The Balaban J connectivity index is 2.46. The lowest BCUT2D eigenvalue weighted by Crippen LogP contribution is -2.51. The van der Waals surface area contributed by atoms with Gasteiger partial charge in [0.1, 0.15) is 0 Å². The van der Waals surface area contributed by atoms with Gasteiger partial charge in [0.15, 0.2) is 0 Å². The number of carbonyl (C=O) groups excluding carboxylic acids is 1. The summed E-state index contributed by atoms with van der Waals surface area (Å²) in [5.41, 5.74) is 5.01. The van der Waals surface area contributed by atoms with Crippen molar-refractivity contribution in [3.63, 3.8) is 0 Å². The topological polar surface area (TPSA) is 105 Å². The van der Waals surface area contributed by atoms with Crippen molar-refractivity contribution in [3.05, 3.63) is 0 Å². The average Bonchev–Trinajstić information content (AvgIpc) is 2.56. The van der Waals surface area contributed by atoms with Crippen molar-refractivity contribution in [2.75, 3.05) is 26.4 Å². The Morgan fingerprint density at radius 2 is 2.47 bits per heavy atom. The van der Waals surface area contributed by atoms with Gasteiger partial charge in [-0.1, -0.05) is 0 Å². The van der Waals surface area contributed by atoms with Crippen molar-refractivity contribution in [1.82, 2.24) is 5.32 Å². The second-order valence-corrected chi connectivity index (χ2v) is 4.09. The second kappa shape index (κ2) is 4.89. The zero-order chi connectivity index (χ0) is 11.5. The van der Waals surface area contributed by atoms with Crippen LogP contribution in [0.1, 0.15) is 6.92 Å². The number of amides is 1. The summed E-state index contributed by atoms with van der Waals surface area (Å²) in [7, 11) is 0. The van der Waals surface area contributed by atoms with Gasteiger partial charge in [-0.05, 0) is 6.92 Å². The fourth-order valence-electron chi connectivity index (χ4n) is 1.40. The first-order chi connectivity index (χ1) is 7.00. The molecule has 1 aliphatic heterocycles. The first-order valence-corrected chi connectivity index (χ1v) is 4.91. The normalized spacial score (nSPS) is 32.7. The molecule has 6 heteroatoms. The van der Waals surface area contributed by atoms with Gasteiger partial charge in [0.25, 0.3) is 0 Å². The standard InChI is InChI=1S/C9H18N2O4/c1-9(5-15-4-7(9)10)8(14)11-2-6(13)3-12/h6-7,12-13H,2-5,10H2,1H3,(H,11,14). The number of rotatable bonds is 4. The zero-order valence-electron chi connectivity index (χ0n) is 8.77. The second-order valence-electron chi connectivity index (χ2n) is 4.09. The number of aliphatic hydroxyl groups is 2. The van der Waals surface area contributed by atoms with Gasteiger partial charge in [0.2, 0.25) is 5.91 Å². The fourth-order valence-corrected chi connectivity index (χ4v) is 1.40. The summed E-state index contributed by atoms with van der Waals surface area (Å²) < 4.78 is 5.13.